The zero-order valence-corrected chi connectivity index (χ0v) is 16.4. The molecule has 1 aromatic heterocycles. The summed E-state index contributed by atoms with van der Waals surface area (Å²) in [7, 11) is -3.54. The largest absolute Gasteiger partial charge is 0.343 e. The van der Waals surface area contributed by atoms with Crippen LogP contribution in [-0.2, 0) is 27.8 Å². The minimum Gasteiger partial charge on any atom is -0.343 e. The minimum atomic E-state index is -3.54. The first-order valence-electron chi connectivity index (χ1n) is 9.02. The Bertz CT molecular complexity index is 1010. The van der Waals surface area contributed by atoms with Gasteiger partial charge in [0.25, 0.3) is 0 Å². The fraction of sp³-hybridized carbons (Fsp3) is 0.400. The maximum Gasteiger partial charge on any atom is 0.243 e. The monoisotopic (exact) mass is 385 g/mol. The molecule has 0 saturated carbocycles. The van der Waals surface area contributed by atoms with E-state index in [1.807, 2.05) is 30.5 Å². The Kier molecular flexibility index (Phi) is 5.49. The predicted octanol–water partition coefficient (Wildman–Crippen LogP) is 2.55. The summed E-state index contributed by atoms with van der Waals surface area (Å²) in [5, 5.41) is 9.48. The molecule has 6 nitrogen and oxygen atoms in total. The summed E-state index contributed by atoms with van der Waals surface area (Å²) in [5.41, 5.74) is 3.47. The Morgan fingerprint density at radius 3 is 2.44 bits per heavy atom. The molecule has 0 aliphatic carbocycles. The molecule has 0 amide bonds. The first-order valence-corrected chi connectivity index (χ1v) is 10.5. The van der Waals surface area contributed by atoms with Gasteiger partial charge < -0.3 is 9.36 Å². The molecule has 0 N–H and O–H groups in total. The average molecular weight is 385 g/mol. The molecular formula is C20H23N3O3S. The van der Waals surface area contributed by atoms with Crippen molar-refractivity contribution in [1.82, 2.24) is 8.87 Å². The van der Waals surface area contributed by atoms with Crippen molar-refractivity contribution in [1.29, 1.82) is 5.26 Å². The number of rotatable bonds is 6. The van der Waals surface area contributed by atoms with Crippen LogP contribution in [0.15, 0.2) is 29.2 Å². The van der Waals surface area contributed by atoms with E-state index < -0.39 is 10.0 Å². The van der Waals surface area contributed by atoms with Crippen molar-refractivity contribution in [3.8, 4) is 6.07 Å². The molecule has 0 bridgehead atoms. The van der Waals surface area contributed by atoms with Crippen molar-refractivity contribution < 1.29 is 13.2 Å². The molecular weight excluding hydrogens is 362 g/mol. The lowest BCUT2D eigenvalue weighted by Crippen LogP contribution is -2.29. The Morgan fingerprint density at radius 2 is 1.81 bits per heavy atom. The normalized spacial score (nSPS) is 15.0. The summed E-state index contributed by atoms with van der Waals surface area (Å²) in [6.45, 7) is 5.15. The number of sulfonamides is 1. The van der Waals surface area contributed by atoms with E-state index in [4.69, 9.17) is 0 Å². The molecule has 0 radical (unpaired) electrons. The summed E-state index contributed by atoms with van der Waals surface area (Å²) < 4.78 is 29.6. The molecule has 1 aromatic carbocycles. The van der Waals surface area contributed by atoms with Crippen LogP contribution in [0.2, 0.25) is 0 Å². The summed E-state index contributed by atoms with van der Waals surface area (Å²) in [4.78, 5) is 11.3. The van der Waals surface area contributed by atoms with E-state index in [0.717, 1.165) is 30.5 Å². The fourth-order valence-corrected chi connectivity index (χ4v) is 5.52. The quantitative estimate of drug-likeness (QED) is 0.716. The maximum absolute atomic E-state index is 13.1. The molecule has 0 spiro atoms. The van der Waals surface area contributed by atoms with Crippen LogP contribution < -0.4 is 0 Å². The van der Waals surface area contributed by atoms with E-state index in [-0.39, 0.29) is 6.42 Å². The first kappa shape index (κ1) is 19.3. The van der Waals surface area contributed by atoms with Crippen molar-refractivity contribution >= 4 is 16.3 Å². The van der Waals surface area contributed by atoms with Crippen LogP contribution >= 0.6 is 0 Å². The highest BCUT2D eigenvalue weighted by Gasteiger charge is 2.29. The molecule has 142 valence electrons. The van der Waals surface area contributed by atoms with E-state index >= 15 is 0 Å². The van der Waals surface area contributed by atoms with Gasteiger partial charge in [-0.3, -0.25) is 0 Å². The van der Waals surface area contributed by atoms with Crippen LogP contribution in [0.3, 0.4) is 0 Å². The number of carbonyl (C=O) groups is 1. The lowest BCUT2D eigenvalue weighted by molar-refractivity contribution is -0.107. The Morgan fingerprint density at radius 1 is 1.15 bits per heavy atom. The molecule has 2 aromatic rings. The number of nitrogens with zero attached hydrogens (tertiary/aromatic N) is 3. The van der Waals surface area contributed by atoms with Crippen molar-refractivity contribution in [2.45, 2.75) is 44.6 Å². The molecule has 3 rings (SSSR count). The number of benzene rings is 1. The van der Waals surface area contributed by atoms with E-state index in [0.29, 0.717) is 41.2 Å². The first-order chi connectivity index (χ1) is 12.9. The van der Waals surface area contributed by atoms with E-state index in [1.54, 1.807) is 16.4 Å². The molecule has 1 aliphatic rings. The molecule has 1 saturated heterocycles. The SMILES string of the molecule is Cc1c(C#N)c(CC=O)c(C)n1Cc1ccccc1S(=O)(=O)N1CCCC1. The van der Waals surface area contributed by atoms with Crippen molar-refractivity contribution in [2.75, 3.05) is 13.1 Å². The molecule has 1 aliphatic heterocycles. The molecule has 0 atom stereocenters. The van der Waals surface area contributed by atoms with Gasteiger partial charge in [-0.1, -0.05) is 18.2 Å². The average Bonchev–Trinajstić information content (AvgIpc) is 3.27. The van der Waals surface area contributed by atoms with E-state index in [1.165, 1.54) is 0 Å². The second-order valence-corrected chi connectivity index (χ2v) is 8.72. The van der Waals surface area contributed by atoms with Gasteiger partial charge in [-0.15, -0.1) is 0 Å². The lowest BCUT2D eigenvalue weighted by atomic mass is 10.1. The van der Waals surface area contributed by atoms with E-state index in [9.17, 15) is 18.5 Å². The van der Waals surface area contributed by atoms with E-state index in [2.05, 4.69) is 6.07 Å². The number of carbonyl (C=O) groups excluding carboxylic acids is 1. The van der Waals surface area contributed by atoms with Gasteiger partial charge in [0.1, 0.15) is 12.4 Å². The summed E-state index contributed by atoms with van der Waals surface area (Å²) in [6.07, 6.45) is 2.74. The number of hydrogen-bond donors (Lipinski definition) is 0. The molecule has 27 heavy (non-hydrogen) atoms. The lowest BCUT2D eigenvalue weighted by Gasteiger charge is -2.19. The molecule has 1 fully saturated rings. The van der Waals surface area contributed by atoms with Gasteiger partial charge in [-0.2, -0.15) is 9.57 Å². The zero-order chi connectivity index (χ0) is 19.6. The minimum absolute atomic E-state index is 0.177. The summed E-state index contributed by atoms with van der Waals surface area (Å²) in [5.74, 6) is 0. The van der Waals surface area contributed by atoms with Crippen LogP contribution in [0.4, 0.5) is 0 Å². The van der Waals surface area contributed by atoms with Crippen LogP contribution in [0, 0.1) is 25.2 Å². The van der Waals surface area contributed by atoms with Crippen LogP contribution in [0.5, 0.6) is 0 Å². The second-order valence-electron chi connectivity index (χ2n) is 6.81. The molecule has 2 heterocycles. The van der Waals surface area contributed by atoms with Crippen LogP contribution in [0.1, 0.15) is 40.9 Å². The second kappa shape index (κ2) is 7.67. The third kappa shape index (κ3) is 3.43. The summed E-state index contributed by atoms with van der Waals surface area (Å²) in [6, 6.07) is 9.20. The van der Waals surface area contributed by atoms with Gasteiger partial charge in [0.05, 0.1) is 10.5 Å². The predicted molar refractivity (Wildman–Crippen MR) is 102 cm³/mol. The summed E-state index contributed by atoms with van der Waals surface area (Å²) >= 11 is 0. The fourth-order valence-electron chi connectivity index (χ4n) is 3.79. The highest BCUT2D eigenvalue weighted by Crippen LogP contribution is 2.27. The van der Waals surface area contributed by atoms with Gasteiger partial charge in [0, 0.05) is 37.4 Å². The smallest absolute Gasteiger partial charge is 0.243 e. The number of aromatic nitrogens is 1. The molecule has 7 heteroatoms. The number of aldehydes is 1. The Balaban J connectivity index is 2.06. The van der Waals surface area contributed by atoms with Crippen molar-refractivity contribution in [2.24, 2.45) is 0 Å². The van der Waals surface area contributed by atoms with Gasteiger partial charge in [-0.25, -0.2) is 8.42 Å². The molecule has 0 unspecified atom stereocenters. The van der Waals surface area contributed by atoms with Crippen molar-refractivity contribution in [3.05, 3.63) is 52.3 Å². The highest BCUT2D eigenvalue weighted by atomic mass is 32.2. The Labute approximate surface area is 160 Å². The third-order valence-electron chi connectivity index (χ3n) is 5.29. The van der Waals surface area contributed by atoms with Crippen molar-refractivity contribution in [3.63, 3.8) is 0 Å². The standard InChI is InChI=1S/C20H23N3O3S/c1-15-18(9-12-24)19(13-21)16(2)23(15)14-17-7-3-4-8-20(17)27(25,26)22-10-5-6-11-22/h3-4,7-8,12H,5-6,9-11,14H2,1-2H3. The third-order valence-corrected chi connectivity index (χ3v) is 7.29. The van der Waals surface area contributed by atoms with Gasteiger partial charge in [-0.05, 0) is 43.9 Å². The Hall–Kier alpha value is -2.43. The maximum atomic E-state index is 13.1. The van der Waals surface area contributed by atoms with Crippen LogP contribution in [-0.4, -0.2) is 36.7 Å². The number of hydrogen-bond acceptors (Lipinski definition) is 4. The van der Waals surface area contributed by atoms with Crippen LogP contribution in [0.25, 0.3) is 0 Å². The van der Waals surface area contributed by atoms with Gasteiger partial charge in [0.15, 0.2) is 0 Å². The highest BCUT2D eigenvalue weighted by molar-refractivity contribution is 7.89. The van der Waals surface area contributed by atoms with Gasteiger partial charge >= 0.3 is 0 Å². The van der Waals surface area contributed by atoms with Gasteiger partial charge in [0.2, 0.25) is 10.0 Å². The topological polar surface area (TPSA) is 83.2 Å². The zero-order valence-electron chi connectivity index (χ0n) is 15.6. The number of nitriles is 1.